The van der Waals surface area contributed by atoms with Gasteiger partial charge in [-0.1, -0.05) is 47.7 Å². The molecule has 6 nitrogen and oxygen atoms in total. The number of anilines is 1. The molecule has 0 saturated carbocycles. The normalized spacial score (nSPS) is 10.9. The third kappa shape index (κ3) is 5.14. The zero-order valence-corrected chi connectivity index (χ0v) is 18.2. The van der Waals surface area contributed by atoms with Gasteiger partial charge in [-0.15, -0.1) is 21.5 Å². The summed E-state index contributed by atoms with van der Waals surface area (Å²) in [4.78, 5) is 16.8. The van der Waals surface area contributed by atoms with Crippen LogP contribution in [0.2, 0.25) is 0 Å². The zero-order valence-electron chi connectivity index (χ0n) is 16.6. The third-order valence-electron chi connectivity index (χ3n) is 4.38. The van der Waals surface area contributed by atoms with Crippen molar-refractivity contribution in [3.05, 3.63) is 75.7 Å². The summed E-state index contributed by atoms with van der Waals surface area (Å²) in [5.41, 5.74) is 4.83. The smallest absolute Gasteiger partial charge is 0.277 e. The van der Waals surface area contributed by atoms with Crippen molar-refractivity contribution in [2.24, 2.45) is 0 Å². The number of carbonyl (C=O) groups excluding carboxylic acids is 1. The van der Waals surface area contributed by atoms with Crippen LogP contribution >= 0.6 is 23.1 Å². The summed E-state index contributed by atoms with van der Waals surface area (Å²) in [7, 11) is 0. The Morgan fingerprint density at radius 2 is 1.90 bits per heavy atom. The number of carbonyl (C=O) groups is 1. The molecule has 0 aliphatic carbocycles. The van der Waals surface area contributed by atoms with E-state index in [1.165, 1.54) is 28.7 Å². The van der Waals surface area contributed by atoms with Crippen molar-refractivity contribution in [2.75, 3.05) is 5.32 Å². The minimum absolute atomic E-state index is 0.0718. The largest absolute Gasteiger partial charge is 0.411 e. The number of hydrogen-bond donors (Lipinski definition) is 1. The number of aromatic nitrogens is 3. The van der Waals surface area contributed by atoms with Gasteiger partial charge in [0.05, 0.1) is 12.1 Å². The van der Waals surface area contributed by atoms with Crippen LogP contribution in [0.25, 0.3) is 11.5 Å². The molecule has 0 spiro atoms. The maximum atomic E-state index is 12.3. The van der Waals surface area contributed by atoms with Gasteiger partial charge < -0.3 is 9.73 Å². The average Bonchev–Trinajstić information content (AvgIpc) is 3.38. The molecule has 2 heterocycles. The molecule has 0 aliphatic heterocycles. The predicted molar refractivity (Wildman–Crippen MR) is 120 cm³/mol. The highest BCUT2D eigenvalue weighted by atomic mass is 32.2. The van der Waals surface area contributed by atoms with E-state index in [0.717, 1.165) is 27.5 Å². The van der Waals surface area contributed by atoms with Gasteiger partial charge in [0, 0.05) is 22.4 Å². The maximum Gasteiger partial charge on any atom is 0.277 e. The van der Waals surface area contributed by atoms with Gasteiger partial charge in [-0.25, -0.2) is 4.98 Å². The van der Waals surface area contributed by atoms with Crippen LogP contribution < -0.4 is 5.32 Å². The number of benzene rings is 2. The summed E-state index contributed by atoms with van der Waals surface area (Å²) in [6, 6.07) is 15.7. The minimum atomic E-state index is -0.0718. The molecular weight excluding hydrogens is 416 g/mol. The van der Waals surface area contributed by atoms with Gasteiger partial charge in [0.25, 0.3) is 5.22 Å². The van der Waals surface area contributed by atoms with Crippen LogP contribution in [-0.4, -0.2) is 21.1 Å². The number of nitrogens with zero attached hydrogens (tertiary/aromatic N) is 3. The van der Waals surface area contributed by atoms with E-state index < -0.39 is 0 Å². The Bertz CT molecular complexity index is 1150. The second-order valence-electron chi connectivity index (χ2n) is 6.80. The highest BCUT2D eigenvalue weighted by molar-refractivity contribution is 7.98. The number of hydrogen-bond acceptors (Lipinski definition) is 7. The van der Waals surface area contributed by atoms with Gasteiger partial charge in [-0.2, -0.15) is 0 Å². The standard InChI is InChI=1S/C22H20N4O2S2/c1-14-7-9-16(10-8-14)21-25-26-22(28-21)30-13-17-12-29-20(23-17)11-19(27)24-18-6-4-3-5-15(18)2/h3-10,12H,11,13H2,1-2H3,(H,24,27). The first-order valence-corrected chi connectivity index (χ1v) is 11.3. The van der Waals surface area contributed by atoms with E-state index in [9.17, 15) is 4.79 Å². The molecule has 2 aromatic carbocycles. The van der Waals surface area contributed by atoms with Crippen molar-refractivity contribution in [2.45, 2.75) is 31.2 Å². The minimum Gasteiger partial charge on any atom is -0.411 e. The molecule has 0 bridgehead atoms. The number of nitrogens with one attached hydrogen (secondary N) is 1. The number of aryl methyl sites for hydroxylation is 2. The summed E-state index contributed by atoms with van der Waals surface area (Å²) < 4.78 is 5.73. The Balaban J connectivity index is 1.31. The highest BCUT2D eigenvalue weighted by Gasteiger charge is 2.12. The van der Waals surface area contributed by atoms with Crippen LogP contribution in [0, 0.1) is 13.8 Å². The fourth-order valence-corrected chi connectivity index (χ4v) is 4.31. The summed E-state index contributed by atoms with van der Waals surface area (Å²) in [6.45, 7) is 4.00. The molecular formula is C22H20N4O2S2. The van der Waals surface area contributed by atoms with Crippen molar-refractivity contribution in [1.82, 2.24) is 15.2 Å². The molecule has 1 amide bonds. The lowest BCUT2D eigenvalue weighted by molar-refractivity contribution is -0.115. The van der Waals surface area contributed by atoms with Crippen molar-refractivity contribution in [3.63, 3.8) is 0 Å². The van der Waals surface area contributed by atoms with E-state index in [2.05, 4.69) is 20.5 Å². The predicted octanol–water partition coefficient (Wildman–Crippen LogP) is 5.28. The quantitative estimate of drug-likeness (QED) is 0.397. The molecule has 0 fully saturated rings. The fraction of sp³-hybridized carbons (Fsp3) is 0.182. The molecule has 4 rings (SSSR count). The van der Waals surface area contributed by atoms with Crippen LogP contribution in [-0.2, 0) is 17.0 Å². The Hall–Kier alpha value is -2.97. The molecule has 152 valence electrons. The van der Waals surface area contributed by atoms with Gasteiger partial charge in [-0.3, -0.25) is 4.79 Å². The van der Waals surface area contributed by atoms with Crippen molar-refractivity contribution >= 4 is 34.7 Å². The first kappa shape index (κ1) is 20.3. The molecule has 0 radical (unpaired) electrons. The van der Waals surface area contributed by atoms with E-state index in [1.807, 2.05) is 67.8 Å². The molecule has 8 heteroatoms. The monoisotopic (exact) mass is 436 g/mol. The number of thiazole rings is 1. The first-order valence-electron chi connectivity index (χ1n) is 9.39. The van der Waals surface area contributed by atoms with Gasteiger partial charge in [0.15, 0.2) is 0 Å². The SMILES string of the molecule is Cc1ccc(-c2nnc(SCc3csc(CC(=O)Nc4ccccc4C)n3)o2)cc1. The molecule has 0 saturated heterocycles. The molecule has 2 aromatic heterocycles. The molecule has 0 unspecified atom stereocenters. The van der Waals surface area contributed by atoms with Crippen molar-refractivity contribution in [3.8, 4) is 11.5 Å². The van der Waals surface area contributed by atoms with E-state index in [1.54, 1.807) is 0 Å². The van der Waals surface area contributed by atoms with E-state index in [4.69, 9.17) is 4.42 Å². The van der Waals surface area contributed by atoms with Crippen LogP contribution in [0.3, 0.4) is 0 Å². The van der Waals surface area contributed by atoms with Gasteiger partial charge in [0.1, 0.15) is 5.01 Å². The Morgan fingerprint density at radius 3 is 2.70 bits per heavy atom. The second-order valence-corrected chi connectivity index (χ2v) is 8.67. The first-order chi connectivity index (χ1) is 14.6. The van der Waals surface area contributed by atoms with Crippen LogP contribution in [0.15, 0.2) is 63.6 Å². The summed E-state index contributed by atoms with van der Waals surface area (Å²) in [5.74, 6) is 1.03. The molecule has 4 aromatic rings. The van der Waals surface area contributed by atoms with Crippen LogP contribution in [0.4, 0.5) is 5.69 Å². The van der Waals surface area contributed by atoms with E-state index in [-0.39, 0.29) is 12.3 Å². The van der Waals surface area contributed by atoms with Gasteiger partial charge in [-0.05, 0) is 37.6 Å². The lowest BCUT2D eigenvalue weighted by atomic mass is 10.1. The number of amides is 1. The molecule has 0 atom stereocenters. The average molecular weight is 437 g/mol. The highest BCUT2D eigenvalue weighted by Crippen LogP contribution is 2.26. The topological polar surface area (TPSA) is 80.9 Å². The van der Waals surface area contributed by atoms with E-state index in [0.29, 0.717) is 16.9 Å². The van der Waals surface area contributed by atoms with Crippen molar-refractivity contribution < 1.29 is 9.21 Å². The van der Waals surface area contributed by atoms with Gasteiger partial charge in [0.2, 0.25) is 11.8 Å². The molecule has 1 N–H and O–H groups in total. The third-order valence-corrected chi connectivity index (χ3v) is 6.13. The Kier molecular flexibility index (Phi) is 6.25. The lowest BCUT2D eigenvalue weighted by Crippen LogP contribution is -2.15. The Morgan fingerprint density at radius 1 is 1.10 bits per heavy atom. The van der Waals surface area contributed by atoms with Crippen LogP contribution in [0.1, 0.15) is 21.8 Å². The summed E-state index contributed by atoms with van der Waals surface area (Å²) in [5, 5.41) is 14.4. The lowest BCUT2D eigenvalue weighted by Gasteiger charge is -2.06. The second kappa shape index (κ2) is 9.23. The molecule has 30 heavy (non-hydrogen) atoms. The zero-order chi connectivity index (χ0) is 20.9. The number of thioether (sulfide) groups is 1. The molecule has 0 aliphatic rings. The summed E-state index contributed by atoms with van der Waals surface area (Å²) in [6.07, 6.45) is 0.252. The number of rotatable bonds is 7. The number of para-hydroxylation sites is 1. The maximum absolute atomic E-state index is 12.3. The van der Waals surface area contributed by atoms with Gasteiger partial charge >= 0.3 is 0 Å². The Labute approximate surface area is 182 Å². The fourth-order valence-electron chi connectivity index (χ4n) is 2.76. The van der Waals surface area contributed by atoms with Crippen LogP contribution in [0.5, 0.6) is 0 Å². The van der Waals surface area contributed by atoms with Crippen molar-refractivity contribution in [1.29, 1.82) is 0 Å². The summed E-state index contributed by atoms with van der Waals surface area (Å²) >= 11 is 2.91. The van der Waals surface area contributed by atoms with E-state index >= 15 is 0 Å².